The number of ether oxygens (including phenoxy) is 1. The van der Waals surface area contributed by atoms with Crippen LogP contribution >= 0.6 is 0 Å². The number of carbonyl (C=O) groups is 1. The molecule has 5 heteroatoms. The van der Waals surface area contributed by atoms with Crippen LogP contribution in [-0.2, 0) is 4.79 Å². The largest absolute Gasteiger partial charge is 0.490 e. The molecule has 2 saturated heterocycles. The van der Waals surface area contributed by atoms with Gasteiger partial charge in [0.25, 0.3) is 0 Å². The van der Waals surface area contributed by atoms with E-state index in [1.54, 1.807) is 12.4 Å². The molecule has 3 heterocycles. The zero-order valence-corrected chi connectivity index (χ0v) is 15.0. The number of carbonyl (C=O) groups excluding carboxylic acids is 1. The van der Waals surface area contributed by atoms with Crippen molar-refractivity contribution in [2.75, 3.05) is 26.2 Å². The van der Waals surface area contributed by atoms with Crippen LogP contribution in [-0.4, -0.2) is 59.0 Å². The number of pyridine rings is 1. The number of rotatable bonds is 6. The summed E-state index contributed by atoms with van der Waals surface area (Å²) < 4.78 is 6.05. The van der Waals surface area contributed by atoms with E-state index in [0.29, 0.717) is 18.6 Å². The van der Waals surface area contributed by atoms with E-state index in [0.717, 1.165) is 64.0 Å². The Kier molecular flexibility index (Phi) is 6.45. The predicted octanol–water partition coefficient (Wildman–Crippen LogP) is 2.88. The van der Waals surface area contributed by atoms with Crippen molar-refractivity contribution in [3.05, 3.63) is 37.2 Å². The molecule has 25 heavy (non-hydrogen) atoms. The highest BCUT2D eigenvalue weighted by molar-refractivity contribution is 5.76. The molecule has 0 aliphatic carbocycles. The molecule has 0 aromatic carbocycles. The van der Waals surface area contributed by atoms with Gasteiger partial charge in [0.05, 0.1) is 0 Å². The van der Waals surface area contributed by atoms with Crippen LogP contribution in [0.1, 0.15) is 38.5 Å². The summed E-state index contributed by atoms with van der Waals surface area (Å²) in [5.74, 6) is 1.20. The number of nitrogens with zero attached hydrogens (tertiary/aromatic N) is 3. The Bertz CT molecular complexity index is 547. The summed E-state index contributed by atoms with van der Waals surface area (Å²) in [6, 6.07) is 4.46. The third kappa shape index (κ3) is 5.05. The molecule has 1 aromatic heterocycles. The van der Waals surface area contributed by atoms with Crippen molar-refractivity contribution in [3.63, 3.8) is 0 Å². The van der Waals surface area contributed by atoms with Crippen molar-refractivity contribution >= 4 is 5.91 Å². The van der Waals surface area contributed by atoms with Gasteiger partial charge in [0.15, 0.2) is 0 Å². The molecule has 2 fully saturated rings. The van der Waals surface area contributed by atoms with Crippen LogP contribution in [0, 0.1) is 0 Å². The van der Waals surface area contributed by atoms with E-state index in [-0.39, 0.29) is 5.91 Å². The second-order valence-electron chi connectivity index (χ2n) is 6.98. The first-order chi connectivity index (χ1) is 12.3. The molecule has 136 valence electrons. The number of hydrogen-bond acceptors (Lipinski definition) is 4. The second kappa shape index (κ2) is 8.99. The summed E-state index contributed by atoms with van der Waals surface area (Å²) in [7, 11) is 0. The lowest BCUT2D eigenvalue weighted by atomic mass is 9.98. The van der Waals surface area contributed by atoms with Crippen LogP contribution in [0.3, 0.4) is 0 Å². The van der Waals surface area contributed by atoms with Crippen LogP contribution in [0.15, 0.2) is 37.2 Å². The van der Waals surface area contributed by atoms with Gasteiger partial charge in [-0.25, -0.2) is 0 Å². The highest BCUT2D eigenvalue weighted by Gasteiger charge is 2.29. The predicted molar refractivity (Wildman–Crippen MR) is 98.5 cm³/mol. The fraction of sp³-hybridized carbons (Fsp3) is 0.600. The van der Waals surface area contributed by atoms with Crippen LogP contribution in [0.4, 0.5) is 0 Å². The maximum atomic E-state index is 12.1. The fourth-order valence-corrected chi connectivity index (χ4v) is 3.83. The maximum Gasteiger partial charge on any atom is 0.222 e. The third-order valence-electron chi connectivity index (χ3n) is 5.32. The molecule has 0 saturated carbocycles. The van der Waals surface area contributed by atoms with Gasteiger partial charge in [-0.3, -0.25) is 14.7 Å². The van der Waals surface area contributed by atoms with E-state index in [9.17, 15) is 4.79 Å². The second-order valence-corrected chi connectivity index (χ2v) is 6.98. The first-order valence-corrected chi connectivity index (χ1v) is 9.45. The van der Waals surface area contributed by atoms with E-state index in [4.69, 9.17) is 4.74 Å². The van der Waals surface area contributed by atoms with Crippen molar-refractivity contribution < 1.29 is 9.53 Å². The Hall–Kier alpha value is -1.88. The van der Waals surface area contributed by atoms with E-state index < -0.39 is 0 Å². The van der Waals surface area contributed by atoms with Crippen molar-refractivity contribution in [2.45, 2.75) is 50.7 Å². The Balaban J connectivity index is 1.39. The Morgan fingerprint density at radius 1 is 1.16 bits per heavy atom. The zero-order valence-electron chi connectivity index (χ0n) is 15.0. The van der Waals surface area contributed by atoms with Crippen LogP contribution in [0.25, 0.3) is 0 Å². The van der Waals surface area contributed by atoms with Gasteiger partial charge >= 0.3 is 0 Å². The molecule has 3 rings (SSSR count). The van der Waals surface area contributed by atoms with Gasteiger partial charge in [0, 0.05) is 51.0 Å². The number of amides is 1. The van der Waals surface area contributed by atoms with Crippen LogP contribution < -0.4 is 4.74 Å². The summed E-state index contributed by atoms with van der Waals surface area (Å²) in [5.41, 5.74) is 0. The molecule has 1 amide bonds. The van der Waals surface area contributed by atoms with E-state index in [1.807, 2.05) is 23.1 Å². The average molecular weight is 343 g/mol. The summed E-state index contributed by atoms with van der Waals surface area (Å²) in [6.07, 6.45) is 11.4. The summed E-state index contributed by atoms with van der Waals surface area (Å²) in [5, 5.41) is 0. The number of likely N-dealkylation sites (tertiary alicyclic amines) is 2. The van der Waals surface area contributed by atoms with Gasteiger partial charge in [-0.05, 0) is 44.2 Å². The summed E-state index contributed by atoms with van der Waals surface area (Å²) >= 11 is 0. The molecule has 0 bridgehead atoms. The minimum Gasteiger partial charge on any atom is -0.490 e. The number of hydrogen-bond donors (Lipinski definition) is 0. The van der Waals surface area contributed by atoms with Crippen molar-refractivity contribution in [3.8, 4) is 5.75 Å². The van der Waals surface area contributed by atoms with E-state index in [2.05, 4.69) is 16.5 Å². The number of piperidine rings is 2. The minimum atomic E-state index is 0.280. The molecule has 0 spiro atoms. The molecule has 2 aliphatic rings. The van der Waals surface area contributed by atoms with Crippen molar-refractivity contribution in [2.24, 2.45) is 0 Å². The van der Waals surface area contributed by atoms with Crippen LogP contribution in [0.2, 0.25) is 0 Å². The third-order valence-corrected chi connectivity index (χ3v) is 5.32. The Morgan fingerprint density at radius 2 is 1.84 bits per heavy atom. The Labute approximate surface area is 150 Å². The first-order valence-electron chi connectivity index (χ1n) is 9.45. The standard InChI is InChI=1S/C20H29N3O2/c1-2-3-4-20(24)23-13-7-17(8-14-23)22-15-9-19(10-16-22)25-18-5-11-21-12-6-18/h2,5-6,11-12,17,19H,1,3-4,7-10,13-16H2. The highest BCUT2D eigenvalue weighted by Crippen LogP contribution is 2.24. The van der Waals surface area contributed by atoms with Gasteiger partial charge in [-0.1, -0.05) is 6.08 Å². The first kappa shape index (κ1) is 17.9. The molecule has 0 unspecified atom stereocenters. The highest BCUT2D eigenvalue weighted by atomic mass is 16.5. The molecule has 0 N–H and O–H groups in total. The Morgan fingerprint density at radius 3 is 2.48 bits per heavy atom. The molecule has 5 nitrogen and oxygen atoms in total. The topological polar surface area (TPSA) is 45.7 Å². The molecule has 0 radical (unpaired) electrons. The molecular weight excluding hydrogens is 314 g/mol. The van der Waals surface area contributed by atoms with E-state index >= 15 is 0 Å². The molecule has 1 aromatic rings. The summed E-state index contributed by atoms with van der Waals surface area (Å²) in [6.45, 7) is 7.66. The lowest BCUT2D eigenvalue weighted by Gasteiger charge is -2.41. The maximum absolute atomic E-state index is 12.1. The number of aromatic nitrogens is 1. The minimum absolute atomic E-state index is 0.280. The smallest absolute Gasteiger partial charge is 0.222 e. The lowest BCUT2D eigenvalue weighted by molar-refractivity contribution is -0.132. The fourth-order valence-electron chi connectivity index (χ4n) is 3.83. The quantitative estimate of drug-likeness (QED) is 0.745. The van der Waals surface area contributed by atoms with Crippen molar-refractivity contribution in [1.29, 1.82) is 0 Å². The van der Waals surface area contributed by atoms with Gasteiger partial charge in [-0.15, -0.1) is 6.58 Å². The monoisotopic (exact) mass is 343 g/mol. The van der Waals surface area contributed by atoms with Gasteiger partial charge < -0.3 is 9.64 Å². The lowest BCUT2D eigenvalue weighted by Crippen LogP contribution is -2.50. The van der Waals surface area contributed by atoms with Crippen molar-refractivity contribution in [1.82, 2.24) is 14.8 Å². The summed E-state index contributed by atoms with van der Waals surface area (Å²) in [4.78, 5) is 20.7. The van der Waals surface area contributed by atoms with Gasteiger partial charge in [0.1, 0.15) is 11.9 Å². The average Bonchev–Trinajstić information content (AvgIpc) is 2.68. The van der Waals surface area contributed by atoms with Gasteiger partial charge in [-0.2, -0.15) is 0 Å². The molecular formula is C20H29N3O2. The van der Waals surface area contributed by atoms with E-state index in [1.165, 1.54) is 0 Å². The normalized spacial score (nSPS) is 20.4. The molecule has 2 aliphatic heterocycles. The van der Waals surface area contributed by atoms with Crippen LogP contribution in [0.5, 0.6) is 5.75 Å². The molecule has 0 atom stereocenters. The van der Waals surface area contributed by atoms with Gasteiger partial charge in [0.2, 0.25) is 5.91 Å². The zero-order chi connectivity index (χ0) is 17.5. The SMILES string of the molecule is C=CCCC(=O)N1CCC(N2CCC(Oc3ccncc3)CC2)CC1. The number of allylic oxidation sites excluding steroid dienone is 1.